The molecule has 0 amide bonds. The molecule has 0 unspecified atom stereocenters. The lowest BCUT2D eigenvalue weighted by Crippen LogP contribution is -2.47. The van der Waals surface area contributed by atoms with Crippen molar-refractivity contribution in [2.24, 2.45) is 5.41 Å². The van der Waals surface area contributed by atoms with Crippen molar-refractivity contribution in [3.05, 3.63) is 101 Å². The van der Waals surface area contributed by atoms with Crippen LogP contribution >= 0.6 is 0 Å². The molecule has 38 heavy (non-hydrogen) atoms. The highest BCUT2D eigenvalue weighted by Gasteiger charge is 2.36. The minimum absolute atomic E-state index is 0.119. The molecule has 2 heterocycles. The van der Waals surface area contributed by atoms with Gasteiger partial charge in [0.25, 0.3) is 0 Å². The third-order valence-electron chi connectivity index (χ3n) is 8.20. The highest BCUT2D eigenvalue weighted by molar-refractivity contribution is 5.33. The van der Waals surface area contributed by atoms with Gasteiger partial charge in [0.05, 0.1) is 0 Å². The van der Waals surface area contributed by atoms with Crippen molar-refractivity contribution < 1.29 is 17.9 Å². The average molecular weight is 523 g/mol. The molecular formula is C32H37F3N2O. The summed E-state index contributed by atoms with van der Waals surface area (Å²) in [5.41, 5.74) is 2.75. The topological polar surface area (TPSA) is 15.7 Å². The van der Waals surface area contributed by atoms with Gasteiger partial charge in [0, 0.05) is 37.8 Å². The van der Waals surface area contributed by atoms with Gasteiger partial charge >= 0.3 is 0 Å². The number of halogens is 3. The third-order valence-corrected chi connectivity index (χ3v) is 8.20. The minimum atomic E-state index is -0.527. The summed E-state index contributed by atoms with van der Waals surface area (Å²) < 4.78 is 48.3. The third kappa shape index (κ3) is 6.97. The number of likely N-dealkylation sites (tertiary alicyclic amines) is 1. The average Bonchev–Trinajstić information content (AvgIpc) is 2.89. The molecule has 0 aromatic heterocycles. The summed E-state index contributed by atoms with van der Waals surface area (Å²) in [6.45, 7) is 5.01. The smallest absolute Gasteiger partial charge is 0.127 e. The molecule has 1 spiro atoms. The van der Waals surface area contributed by atoms with Crippen molar-refractivity contribution in [3.63, 3.8) is 0 Å². The number of hydrogen-bond donors (Lipinski definition) is 0. The van der Waals surface area contributed by atoms with E-state index in [1.54, 1.807) is 6.07 Å². The Kier molecular flexibility index (Phi) is 8.70. The lowest BCUT2D eigenvalue weighted by atomic mass is 9.73. The maximum Gasteiger partial charge on any atom is 0.127 e. The quantitative estimate of drug-likeness (QED) is 0.367. The lowest BCUT2D eigenvalue weighted by molar-refractivity contribution is 0.0406. The molecule has 3 aromatic rings. The molecule has 6 heteroatoms. The number of para-hydroxylation sites is 1. The van der Waals surface area contributed by atoms with E-state index in [0.29, 0.717) is 30.8 Å². The minimum Gasteiger partial charge on any atom is -0.492 e. The van der Waals surface area contributed by atoms with E-state index in [9.17, 15) is 13.2 Å². The van der Waals surface area contributed by atoms with Gasteiger partial charge in [-0.05, 0) is 86.0 Å². The second-order valence-corrected chi connectivity index (χ2v) is 11.0. The van der Waals surface area contributed by atoms with Crippen molar-refractivity contribution in [3.8, 4) is 5.75 Å². The maximum absolute atomic E-state index is 14.6. The Morgan fingerprint density at radius 1 is 0.737 bits per heavy atom. The lowest BCUT2D eigenvalue weighted by Gasteiger charge is -2.45. The predicted octanol–water partition coefficient (Wildman–Crippen LogP) is 6.99. The summed E-state index contributed by atoms with van der Waals surface area (Å²) >= 11 is 0. The van der Waals surface area contributed by atoms with Crippen LogP contribution in [0.15, 0.2) is 66.7 Å². The highest BCUT2D eigenvalue weighted by atomic mass is 19.1. The van der Waals surface area contributed by atoms with Crippen LogP contribution in [0.1, 0.15) is 48.8 Å². The fourth-order valence-electron chi connectivity index (χ4n) is 6.14. The summed E-state index contributed by atoms with van der Waals surface area (Å²) in [7, 11) is 0. The first-order chi connectivity index (χ1) is 18.5. The van der Waals surface area contributed by atoms with E-state index in [2.05, 4.69) is 21.9 Å². The second-order valence-electron chi connectivity index (χ2n) is 11.0. The SMILES string of the molecule is Fc1cc(F)cc(CN2CCC3(CCCCc4ccccc4OCCN(Cc4ccccc4F)C3)CC2)c1. The number of rotatable bonds is 4. The molecular weight excluding hydrogens is 485 g/mol. The van der Waals surface area contributed by atoms with Gasteiger partial charge < -0.3 is 4.74 Å². The van der Waals surface area contributed by atoms with E-state index in [1.807, 2.05) is 24.3 Å². The van der Waals surface area contributed by atoms with Gasteiger partial charge in [0.15, 0.2) is 0 Å². The van der Waals surface area contributed by atoms with E-state index in [4.69, 9.17) is 4.74 Å². The monoisotopic (exact) mass is 522 g/mol. The van der Waals surface area contributed by atoms with Crippen molar-refractivity contribution >= 4 is 0 Å². The molecule has 0 saturated carbocycles. The molecule has 1 fully saturated rings. The van der Waals surface area contributed by atoms with E-state index >= 15 is 0 Å². The molecule has 0 N–H and O–H groups in total. The first-order valence-electron chi connectivity index (χ1n) is 13.8. The summed E-state index contributed by atoms with van der Waals surface area (Å²) in [6.07, 6.45) is 6.36. The largest absolute Gasteiger partial charge is 0.492 e. The van der Waals surface area contributed by atoms with Crippen LogP contribution in [0.3, 0.4) is 0 Å². The number of benzene rings is 3. The number of hydrogen-bond acceptors (Lipinski definition) is 3. The zero-order valence-electron chi connectivity index (χ0n) is 22.0. The summed E-state index contributed by atoms with van der Waals surface area (Å²) in [4.78, 5) is 4.66. The van der Waals surface area contributed by atoms with Gasteiger partial charge in [-0.2, -0.15) is 0 Å². The van der Waals surface area contributed by atoms with Gasteiger partial charge in [-0.25, -0.2) is 13.2 Å². The Bertz CT molecular complexity index is 1190. The Morgan fingerprint density at radius 2 is 1.47 bits per heavy atom. The van der Waals surface area contributed by atoms with Gasteiger partial charge in [-0.3, -0.25) is 9.80 Å². The molecule has 1 saturated heterocycles. The Balaban J connectivity index is 1.32. The molecule has 2 aliphatic heterocycles. The second kappa shape index (κ2) is 12.4. The van der Waals surface area contributed by atoms with Crippen molar-refractivity contribution in [1.29, 1.82) is 0 Å². The van der Waals surface area contributed by atoms with Crippen molar-refractivity contribution in [2.45, 2.75) is 51.6 Å². The molecule has 202 valence electrons. The Labute approximate surface area is 224 Å². The number of ether oxygens (including phenoxy) is 1. The zero-order valence-corrected chi connectivity index (χ0v) is 22.0. The van der Waals surface area contributed by atoms with Crippen LogP contribution in [0.2, 0.25) is 0 Å². The first-order valence-corrected chi connectivity index (χ1v) is 13.8. The number of piperidine rings is 1. The molecule has 2 aliphatic rings. The zero-order chi connectivity index (χ0) is 26.4. The number of nitrogens with zero attached hydrogens (tertiary/aromatic N) is 2. The van der Waals surface area contributed by atoms with E-state index in [1.165, 1.54) is 23.8 Å². The van der Waals surface area contributed by atoms with Crippen LogP contribution < -0.4 is 4.74 Å². The molecule has 5 rings (SSSR count). The van der Waals surface area contributed by atoms with Crippen LogP contribution in [-0.2, 0) is 19.5 Å². The fraction of sp³-hybridized carbons (Fsp3) is 0.438. The maximum atomic E-state index is 14.6. The number of aryl methyl sites for hydroxylation is 1. The standard InChI is InChI=1S/C32H37F3N2O/c33-28-19-25(20-29(34)21-28)22-36-15-13-32(14-16-36)12-6-5-8-26-7-2-4-11-31(26)38-18-17-37(24-32)23-27-9-1-3-10-30(27)35/h1-4,7,9-11,19-21H,5-6,8,12-18,22-24H2. The van der Waals surface area contributed by atoms with Crippen LogP contribution in [0.5, 0.6) is 5.75 Å². The number of fused-ring (bicyclic) bond motifs is 1. The molecule has 3 nitrogen and oxygen atoms in total. The molecule has 0 bridgehead atoms. The fourth-order valence-corrected chi connectivity index (χ4v) is 6.14. The van der Waals surface area contributed by atoms with Gasteiger partial charge in [0.1, 0.15) is 29.8 Å². The van der Waals surface area contributed by atoms with E-state index in [-0.39, 0.29) is 11.2 Å². The van der Waals surface area contributed by atoms with Crippen molar-refractivity contribution in [2.75, 3.05) is 32.8 Å². The van der Waals surface area contributed by atoms with E-state index < -0.39 is 11.6 Å². The first kappa shape index (κ1) is 26.8. The van der Waals surface area contributed by atoms with Gasteiger partial charge in [0.2, 0.25) is 0 Å². The Morgan fingerprint density at radius 3 is 2.26 bits per heavy atom. The normalized spacial score (nSPS) is 19.2. The van der Waals surface area contributed by atoms with Crippen molar-refractivity contribution in [1.82, 2.24) is 9.80 Å². The molecule has 0 atom stereocenters. The Hall–Kier alpha value is -2.83. The molecule has 3 aromatic carbocycles. The van der Waals surface area contributed by atoms with Crippen LogP contribution in [-0.4, -0.2) is 42.6 Å². The van der Waals surface area contributed by atoms with Gasteiger partial charge in [-0.1, -0.05) is 42.8 Å². The highest BCUT2D eigenvalue weighted by Crippen LogP contribution is 2.39. The van der Waals surface area contributed by atoms with E-state index in [0.717, 1.165) is 76.5 Å². The summed E-state index contributed by atoms with van der Waals surface area (Å²) in [5, 5.41) is 0. The van der Waals surface area contributed by atoms with Crippen LogP contribution in [0.4, 0.5) is 13.2 Å². The van der Waals surface area contributed by atoms with Crippen LogP contribution in [0.25, 0.3) is 0 Å². The summed E-state index contributed by atoms with van der Waals surface area (Å²) in [6, 6.07) is 19.1. The van der Waals surface area contributed by atoms with Crippen LogP contribution in [0, 0.1) is 22.9 Å². The van der Waals surface area contributed by atoms with Gasteiger partial charge in [-0.15, -0.1) is 0 Å². The molecule has 0 aliphatic carbocycles. The molecule has 0 radical (unpaired) electrons. The predicted molar refractivity (Wildman–Crippen MR) is 144 cm³/mol. The summed E-state index contributed by atoms with van der Waals surface area (Å²) in [5.74, 6) is -0.271.